The predicted octanol–water partition coefficient (Wildman–Crippen LogP) is 2.05. The predicted molar refractivity (Wildman–Crippen MR) is 46.8 cm³/mol. The number of hydrogen-bond acceptors (Lipinski definition) is 1. The molecule has 0 aliphatic carbocycles. The van der Waals surface area contributed by atoms with Gasteiger partial charge in [-0.05, 0) is 6.42 Å². The second-order valence-corrected chi connectivity index (χ2v) is 2.56. The van der Waals surface area contributed by atoms with Crippen LogP contribution < -0.4 is 0 Å². The first-order chi connectivity index (χ1) is 4.77. The molecule has 0 saturated heterocycles. The van der Waals surface area contributed by atoms with E-state index in [1.54, 1.807) is 0 Å². The van der Waals surface area contributed by atoms with Crippen LogP contribution in [0.4, 0.5) is 0 Å². The van der Waals surface area contributed by atoms with Crippen LogP contribution in [0.25, 0.3) is 0 Å². The zero-order valence-corrected chi connectivity index (χ0v) is 8.72. The van der Waals surface area contributed by atoms with Crippen LogP contribution in [0.2, 0.25) is 0 Å². The van der Waals surface area contributed by atoms with Crippen molar-refractivity contribution in [2.24, 2.45) is 0 Å². The number of aliphatic carboxylic acids is 1. The van der Waals surface area contributed by atoms with E-state index in [-0.39, 0.29) is 23.1 Å². The van der Waals surface area contributed by atoms with Crippen molar-refractivity contribution in [3.05, 3.63) is 0 Å². The monoisotopic (exact) mass is 168 g/mol. The van der Waals surface area contributed by atoms with Gasteiger partial charge in [-0.3, -0.25) is 4.79 Å². The average molecular weight is 169 g/mol. The molecule has 0 bridgehead atoms. The molecule has 0 unspecified atom stereocenters. The first-order valence-electron chi connectivity index (χ1n) is 3.99. The van der Waals surface area contributed by atoms with Gasteiger partial charge in [-0.1, -0.05) is 32.6 Å². The van der Waals surface area contributed by atoms with Gasteiger partial charge < -0.3 is 5.11 Å². The summed E-state index contributed by atoms with van der Waals surface area (Å²) in [6.07, 6.45) is 5.88. The van der Waals surface area contributed by atoms with Gasteiger partial charge in [0, 0.05) is 6.42 Å². The molecular weight excluding hydrogens is 152 g/mol. The van der Waals surface area contributed by atoms with Gasteiger partial charge >= 0.3 is 29.0 Å². The Kier molecular flexibility index (Phi) is 12.8. The summed E-state index contributed by atoms with van der Waals surface area (Å²) in [7, 11) is 0. The Hall–Kier alpha value is 0.236. The summed E-state index contributed by atoms with van der Waals surface area (Å²) in [4.78, 5) is 10.0. The van der Waals surface area contributed by atoms with Crippen molar-refractivity contribution in [3.63, 3.8) is 0 Å². The topological polar surface area (TPSA) is 37.3 Å². The standard InChI is InChI=1S/C8H16O2.Mg/c1-2-3-4-5-6-7-8(9)10;/h2-7H2,1H3,(H,9,10);/q;+2. The second kappa shape index (κ2) is 10.2. The third-order valence-electron chi connectivity index (χ3n) is 1.49. The molecule has 0 aliphatic rings. The van der Waals surface area contributed by atoms with Gasteiger partial charge in [-0.15, -0.1) is 0 Å². The van der Waals surface area contributed by atoms with Crippen molar-refractivity contribution in [2.75, 3.05) is 0 Å². The van der Waals surface area contributed by atoms with Gasteiger partial charge in [0.15, 0.2) is 0 Å². The van der Waals surface area contributed by atoms with Crippen LogP contribution in [-0.4, -0.2) is 34.1 Å². The molecule has 0 fully saturated rings. The van der Waals surface area contributed by atoms with Gasteiger partial charge in [-0.2, -0.15) is 0 Å². The largest absolute Gasteiger partial charge is 2.00 e. The van der Waals surface area contributed by atoms with Crippen molar-refractivity contribution in [1.82, 2.24) is 0 Å². The van der Waals surface area contributed by atoms with Gasteiger partial charge in [0.25, 0.3) is 0 Å². The van der Waals surface area contributed by atoms with E-state index in [1.807, 2.05) is 0 Å². The Morgan fingerprint density at radius 2 is 1.73 bits per heavy atom. The Balaban J connectivity index is 0. The molecule has 0 aromatic rings. The van der Waals surface area contributed by atoms with Crippen molar-refractivity contribution in [2.45, 2.75) is 45.4 Å². The molecule has 2 nitrogen and oxygen atoms in total. The quantitative estimate of drug-likeness (QED) is 0.487. The number of hydrogen-bond donors (Lipinski definition) is 1. The molecule has 0 amide bonds. The summed E-state index contributed by atoms with van der Waals surface area (Å²) in [6, 6.07) is 0. The second-order valence-electron chi connectivity index (χ2n) is 2.56. The van der Waals surface area contributed by atoms with E-state index in [4.69, 9.17) is 5.11 Å². The minimum absolute atomic E-state index is 0. The van der Waals surface area contributed by atoms with Crippen molar-refractivity contribution in [3.8, 4) is 0 Å². The summed E-state index contributed by atoms with van der Waals surface area (Å²) in [6.45, 7) is 2.15. The smallest absolute Gasteiger partial charge is 0.481 e. The van der Waals surface area contributed by atoms with Crippen LogP contribution in [0.15, 0.2) is 0 Å². The van der Waals surface area contributed by atoms with Crippen LogP contribution in [0, 0.1) is 0 Å². The molecular formula is C8H16MgO2+2. The molecule has 0 heterocycles. The van der Waals surface area contributed by atoms with Crippen LogP contribution >= 0.6 is 0 Å². The van der Waals surface area contributed by atoms with E-state index >= 15 is 0 Å². The van der Waals surface area contributed by atoms with E-state index in [0.717, 1.165) is 12.8 Å². The number of carboxylic acid groups (broad SMARTS) is 1. The molecule has 60 valence electrons. The fraction of sp³-hybridized carbons (Fsp3) is 0.875. The molecule has 0 rings (SSSR count). The van der Waals surface area contributed by atoms with Gasteiger partial charge in [0.05, 0.1) is 0 Å². The zero-order valence-electron chi connectivity index (χ0n) is 7.31. The molecule has 0 atom stereocenters. The van der Waals surface area contributed by atoms with Crippen LogP contribution in [0.1, 0.15) is 45.4 Å². The summed E-state index contributed by atoms with van der Waals surface area (Å²) in [5.74, 6) is -0.670. The first kappa shape index (κ1) is 13.8. The van der Waals surface area contributed by atoms with Gasteiger partial charge in [0.1, 0.15) is 0 Å². The summed E-state index contributed by atoms with van der Waals surface area (Å²) in [5, 5.41) is 8.27. The Labute approximate surface area is 84.5 Å². The van der Waals surface area contributed by atoms with Crippen LogP contribution in [-0.2, 0) is 4.79 Å². The molecule has 0 saturated carbocycles. The van der Waals surface area contributed by atoms with Crippen LogP contribution in [0.5, 0.6) is 0 Å². The number of carboxylic acids is 1. The van der Waals surface area contributed by atoms with E-state index < -0.39 is 5.97 Å². The van der Waals surface area contributed by atoms with Crippen LogP contribution in [0.3, 0.4) is 0 Å². The van der Waals surface area contributed by atoms with Crippen molar-refractivity contribution >= 4 is 29.0 Å². The summed E-state index contributed by atoms with van der Waals surface area (Å²) in [5.41, 5.74) is 0. The normalized spacial score (nSPS) is 8.82. The minimum Gasteiger partial charge on any atom is -0.481 e. The van der Waals surface area contributed by atoms with Gasteiger partial charge in [-0.25, -0.2) is 0 Å². The average Bonchev–Trinajstić information content (AvgIpc) is 1.87. The van der Waals surface area contributed by atoms with Gasteiger partial charge in [0.2, 0.25) is 0 Å². The third kappa shape index (κ3) is 13.3. The molecule has 3 heteroatoms. The molecule has 0 aliphatic heterocycles. The Morgan fingerprint density at radius 3 is 2.18 bits per heavy atom. The van der Waals surface area contributed by atoms with E-state index in [2.05, 4.69) is 6.92 Å². The molecule has 1 N–H and O–H groups in total. The SMILES string of the molecule is CCCCCCCC(=O)O.[Mg+2]. The first-order valence-corrected chi connectivity index (χ1v) is 3.99. The van der Waals surface area contributed by atoms with E-state index in [9.17, 15) is 4.79 Å². The van der Waals surface area contributed by atoms with E-state index in [1.165, 1.54) is 19.3 Å². The zero-order chi connectivity index (χ0) is 7.82. The Bertz CT molecular complexity index is 94.1. The van der Waals surface area contributed by atoms with E-state index in [0.29, 0.717) is 6.42 Å². The van der Waals surface area contributed by atoms with Crippen molar-refractivity contribution in [1.29, 1.82) is 0 Å². The number of unbranched alkanes of at least 4 members (excludes halogenated alkanes) is 4. The fourth-order valence-electron chi connectivity index (χ4n) is 0.880. The maximum absolute atomic E-state index is 10.0. The molecule has 0 radical (unpaired) electrons. The summed E-state index contributed by atoms with van der Waals surface area (Å²) >= 11 is 0. The number of carbonyl (C=O) groups is 1. The molecule has 0 aromatic carbocycles. The fourth-order valence-corrected chi connectivity index (χ4v) is 0.880. The molecule has 0 aromatic heterocycles. The Morgan fingerprint density at radius 1 is 1.18 bits per heavy atom. The summed E-state index contributed by atoms with van der Waals surface area (Å²) < 4.78 is 0. The molecule has 11 heavy (non-hydrogen) atoms. The maximum atomic E-state index is 10.0. The number of rotatable bonds is 6. The maximum Gasteiger partial charge on any atom is 2.00 e. The minimum atomic E-state index is -0.670. The van der Waals surface area contributed by atoms with Crippen molar-refractivity contribution < 1.29 is 9.90 Å². The molecule has 0 spiro atoms. The third-order valence-corrected chi connectivity index (χ3v) is 1.49.